The van der Waals surface area contributed by atoms with Gasteiger partial charge >= 0.3 is 19.8 Å². The Kier molecular flexibility index (Phi) is 31.8. The second-order valence-corrected chi connectivity index (χ2v) is 13.8. The van der Waals surface area contributed by atoms with Crippen LogP contribution in [0.25, 0.3) is 0 Å². The smallest absolute Gasteiger partial charge is 0.462 e. The normalized spacial score (nSPS) is 12.5. The summed E-state index contributed by atoms with van der Waals surface area (Å²) in [6.07, 6.45) is 33.6. The first-order chi connectivity index (χ1) is 21.8. The topological polar surface area (TPSA) is 119 Å². The summed E-state index contributed by atoms with van der Waals surface area (Å²) in [6, 6.07) is 0. The molecule has 2 N–H and O–H groups in total. The average Bonchev–Trinajstić information content (AvgIpc) is 3.00. The van der Waals surface area contributed by atoms with Crippen LogP contribution in [0.3, 0.4) is 0 Å². The summed E-state index contributed by atoms with van der Waals surface area (Å²) in [4.78, 5) is 42.6. The molecule has 0 radical (unpaired) electrons. The lowest BCUT2D eigenvalue weighted by molar-refractivity contribution is -0.161. The van der Waals surface area contributed by atoms with Crippen molar-refractivity contribution in [1.82, 2.24) is 0 Å². The van der Waals surface area contributed by atoms with Crippen LogP contribution >= 0.6 is 7.82 Å². The number of esters is 2. The Bertz CT molecular complexity index is 751. The number of rotatable bonds is 34. The highest BCUT2D eigenvalue weighted by molar-refractivity contribution is 7.46. The van der Waals surface area contributed by atoms with Gasteiger partial charge in [-0.2, -0.15) is 0 Å². The lowest BCUT2D eigenvalue weighted by Crippen LogP contribution is -2.29. The Balaban J connectivity index is 3.96. The summed E-state index contributed by atoms with van der Waals surface area (Å²) < 4.78 is 26.3. The number of carbonyl (C=O) groups excluding carboxylic acids is 2. The molecular formula is C36H69O8P. The van der Waals surface area contributed by atoms with Crippen molar-refractivity contribution in [3.8, 4) is 0 Å². The van der Waals surface area contributed by atoms with Crippen LogP contribution < -0.4 is 0 Å². The first-order valence-corrected chi connectivity index (χ1v) is 20.0. The van der Waals surface area contributed by atoms with Crippen molar-refractivity contribution in [2.45, 2.75) is 193 Å². The Hall–Kier alpha value is -1.21. The Morgan fingerprint density at radius 2 is 0.933 bits per heavy atom. The molecule has 0 fully saturated rings. The minimum absolute atomic E-state index is 0.206. The van der Waals surface area contributed by atoms with Gasteiger partial charge in [-0.3, -0.25) is 14.1 Å². The van der Waals surface area contributed by atoms with Gasteiger partial charge in [-0.25, -0.2) is 4.57 Å². The molecule has 0 saturated carbocycles. The maximum atomic E-state index is 12.3. The van der Waals surface area contributed by atoms with Crippen LogP contribution in [0.2, 0.25) is 0 Å². The zero-order valence-electron chi connectivity index (χ0n) is 29.0. The third-order valence-electron chi connectivity index (χ3n) is 8.03. The van der Waals surface area contributed by atoms with Crippen molar-refractivity contribution in [3.05, 3.63) is 12.2 Å². The number of phosphoric acid groups is 1. The molecule has 1 atom stereocenters. The number of carbonyl (C=O) groups is 2. The third kappa shape index (κ3) is 35.5. The van der Waals surface area contributed by atoms with Gasteiger partial charge in [0.1, 0.15) is 6.61 Å². The van der Waals surface area contributed by atoms with E-state index >= 15 is 0 Å². The number of unbranched alkanes of at least 4 members (excludes halogenated alkanes) is 22. The van der Waals surface area contributed by atoms with Gasteiger partial charge in [0.05, 0.1) is 6.61 Å². The van der Waals surface area contributed by atoms with E-state index in [1.807, 2.05) is 0 Å². The molecule has 1 unspecified atom stereocenters. The van der Waals surface area contributed by atoms with Crippen molar-refractivity contribution < 1.29 is 37.9 Å². The van der Waals surface area contributed by atoms with E-state index in [1.54, 1.807) is 0 Å². The quantitative estimate of drug-likeness (QED) is 0.0303. The van der Waals surface area contributed by atoms with Crippen LogP contribution in [0.1, 0.15) is 187 Å². The minimum atomic E-state index is -4.74. The van der Waals surface area contributed by atoms with Crippen molar-refractivity contribution in [3.63, 3.8) is 0 Å². The van der Waals surface area contributed by atoms with Crippen molar-refractivity contribution in [2.24, 2.45) is 0 Å². The molecule has 0 aliphatic carbocycles. The fourth-order valence-electron chi connectivity index (χ4n) is 5.25. The van der Waals surface area contributed by atoms with E-state index in [1.165, 1.54) is 103 Å². The van der Waals surface area contributed by atoms with Gasteiger partial charge in [0, 0.05) is 12.8 Å². The SMILES string of the molecule is CCCCCCCCC/C=C\CCCCCCCC(=O)OC(COC(=O)CCCCCCCCCCCCC)COP(=O)(O)O. The van der Waals surface area contributed by atoms with Gasteiger partial charge in [-0.15, -0.1) is 0 Å². The summed E-state index contributed by atoms with van der Waals surface area (Å²) in [5.41, 5.74) is 0. The summed E-state index contributed by atoms with van der Waals surface area (Å²) >= 11 is 0. The van der Waals surface area contributed by atoms with E-state index in [0.29, 0.717) is 6.42 Å². The first kappa shape index (κ1) is 43.8. The molecule has 0 amide bonds. The Morgan fingerprint density at radius 3 is 1.36 bits per heavy atom. The fourth-order valence-corrected chi connectivity index (χ4v) is 5.61. The second-order valence-electron chi connectivity index (χ2n) is 12.6. The Morgan fingerprint density at radius 1 is 0.556 bits per heavy atom. The van der Waals surface area contributed by atoms with Crippen LogP contribution in [0.4, 0.5) is 0 Å². The molecule has 0 aliphatic rings. The lowest BCUT2D eigenvalue weighted by Gasteiger charge is -2.18. The van der Waals surface area contributed by atoms with Crippen molar-refractivity contribution >= 4 is 19.8 Å². The summed E-state index contributed by atoms with van der Waals surface area (Å²) in [6.45, 7) is 3.66. The molecule has 8 nitrogen and oxygen atoms in total. The van der Waals surface area contributed by atoms with Gasteiger partial charge < -0.3 is 19.3 Å². The highest BCUT2D eigenvalue weighted by Crippen LogP contribution is 2.36. The van der Waals surface area contributed by atoms with Crippen LogP contribution in [0, 0.1) is 0 Å². The molecule has 0 saturated heterocycles. The molecule has 0 rings (SSSR count). The number of allylic oxidation sites excluding steroid dienone is 2. The molecule has 0 heterocycles. The summed E-state index contributed by atoms with van der Waals surface area (Å²) in [7, 11) is -4.74. The zero-order chi connectivity index (χ0) is 33.3. The lowest BCUT2D eigenvalue weighted by atomic mass is 10.1. The minimum Gasteiger partial charge on any atom is -0.462 e. The molecular weight excluding hydrogens is 591 g/mol. The second kappa shape index (κ2) is 32.7. The first-order valence-electron chi connectivity index (χ1n) is 18.5. The van der Waals surface area contributed by atoms with Gasteiger partial charge in [0.15, 0.2) is 6.10 Å². The predicted octanol–water partition coefficient (Wildman–Crippen LogP) is 10.7. The average molecular weight is 661 g/mol. The summed E-state index contributed by atoms with van der Waals surface area (Å²) in [5.74, 6) is -0.889. The van der Waals surface area contributed by atoms with Gasteiger partial charge in [-0.05, 0) is 38.5 Å². The maximum absolute atomic E-state index is 12.3. The van der Waals surface area contributed by atoms with Crippen LogP contribution in [-0.4, -0.2) is 41.0 Å². The fraction of sp³-hybridized carbons (Fsp3) is 0.889. The van der Waals surface area contributed by atoms with Crippen molar-refractivity contribution in [2.75, 3.05) is 13.2 Å². The van der Waals surface area contributed by atoms with Gasteiger partial charge in [0.25, 0.3) is 0 Å². The van der Waals surface area contributed by atoms with Gasteiger partial charge in [0.2, 0.25) is 0 Å². The van der Waals surface area contributed by atoms with E-state index < -0.39 is 32.5 Å². The zero-order valence-corrected chi connectivity index (χ0v) is 29.9. The molecule has 9 heteroatoms. The molecule has 0 aromatic carbocycles. The number of hydrogen-bond donors (Lipinski definition) is 2. The number of phosphoric ester groups is 1. The van der Waals surface area contributed by atoms with Crippen LogP contribution in [-0.2, 0) is 28.2 Å². The molecule has 0 aliphatic heterocycles. The van der Waals surface area contributed by atoms with Gasteiger partial charge in [-0.1, -0.05) is 148 Å². The standard InChI is InChI=1S/C36H69O8P/c1-3-5-7-9-11-13-15-16-17-18-19-21-23-25-27-29-31-36(38)44-34(33-43-45(39,40)41)32-42-35(37)30-28-26-24-22-20-14-12-10-8-6-4-2/h17-18,34H,3-16,19-33H2,1-2H3,(H2,39,40,41)/b18-17-. The highest BCUT2D eigenvalue weighted by atomic mass is 31.2. The highest BCUT2D eigenvalue weighted by Gasteiger charge is 2.22. The van der Waals surface area contributed by atoms with E-state index in [0.717, 1.165) is 51.4 Å². The largest absolute Gasteiger partial charge is 0.469 e. The Labute approximate surface area is 276 Å². The molecule has 0 aromatic rings. The monoisotopic (exact) mass is 660 g/mol. The van der Waals surface area contributed by atoms with E-state index in [2.05, 4.69) is 30.5 Å². The van der Waals surface area contributed by atoms with E-state index in [4.69, 9.17) is 19.3 Å². The molecule has 266 valence electrons. The molecule has 0 bridgehead atoms. The number of hydrogen-bond acceptors (Lipinski definition) is 6. The van der Waals surface area contributed by atoms with Crippen molar-refractivity contribution in [1.29, 1.82) is 0 Å². The predicted molar refractivity (Wildman–Crippen MR) is 184 cm³/mol. The van der Waals surface area contributed by atoms with E-state index in [9.17, 15) is 14.2 Å². The van der Waals surface area contributed by atoms with Crippen LogP contribution in [0.5, 0.6) is 0 Å². The molecule has 0 spiro atoms. The van der Waals surface area contributed by atoms with Crippen LogP contribution in [0.15, 0.2) is 12.2 Å². The molecule has 45 heavy (non-hydrogen) atoms. The maximum Gasteiger partial charge on any atom is 0.469 e. The number of ether oxygens (including phenoxy) is 2. The summed E-state index contributed by atoms with van der Waals surface area (Å²) in [5, 5.41) is 0. The third-order valence-corrected chi connectivity index (χ3v) is 8.52. The van der Waals surface area contributed by atoms with E-state index in [-0.39, 0.29) is 19.4 Å². The molecule has 0 aromatic heterocycles.